The van der Waals surface area contributed by atoms with E-state index >= 15 is 0 Å². The van der Waals surface area contributed by atoms with Gasteiger partial charge in [-0.1, -0.05) is 39.3 Å². The highest BCUT2D eigenvalue weighted by Crippen LogP contribution is 2.32. The summed E-state index contributed by atoms with van der Waals surface area (Å²) in [5.41, 5.74) is 0. The van der Waals surface area contributed by atoms with Crippen LogP contribution < -0.4 is 0 Å². The van der Waals surface area contributed by atoms with E-state index in [0.717, 1.165) is 17.8 Å². The van der Waals surface area contributed by atoms with Crippen molar-refractivity contribution in [1.82, 2.24) is 0 Å². The molecule has 0 aromatic carbocycles. The van der Waals surface area contributed by atoms with Crippen molar-refractivity contribution in [3.63, 3.8) is 0 Å². The third-order valence-corrected chi connectivity index (χ3v) is 3.09. The molecule has 0 spiro atoms. The van der Waals surface area contributed by atoms with Crippen LogP contribution in [0, 0.1) is 17.8 Å². The Balaban J connectivity index is 2.50. The first-order valence-corrected chi connectivity index (χ1v) is 4.92. The molecule has 0 radical (unpaired) electrons. The molecule has 0 fully saturated rings. The van der Waals surface area contributed by atoms with Gasteiger partial charge in [0.1, 0.15) is 0 Å². The Morgan fingerprint density at radius 3 is 2.73 bits per heavy atom. The normalized spacial score (nSPS) is 37.5. The van der Waals surface area contributed by atoms with Crippen LogP contribution in [0.1, 0.15) is 40.0 Å². The zero-order valence-corrected chi connectivity index (χ0v) is 8.01. The molecule has 0 heterocycles. The predicted molar refractivity (Wildman–Crippen MR) is 50.5 cm³/mol. The summed E-state index contributed by atoms with van der Waals surface area (Å²) in [5.74, 6) is 2.67. The maximum absolute atomic E-state index is 2.42. The molecule has 11 heavy (non-hydrogen) atoms. The SMILES string of the molecule is CCC[C@H]1C=CC[C@H](C)[C@H]1C. The molecular formula is C11H20. The average molecular weight is 152 g/mol. The Hall–Kier alpha value is -0.260. The highest BCUT2D eigenvalue weighted by molar-refractivity contribution is 4.98. The molecule has 0 nitrogen and oxygen atoms in total. The average Bonchev–Trinajstić information content (AvgIpc) is 1.99. The molecule has 0 aliphatic heterocycles. The molecule has 64 valence electrons. The summed E-state index contributed by atoms with van der Waals surface area (Å²) in [4.78, 5) is 0. The van der Waals surface area contributed by atoms with Gasteiger partial charge in [0.05, 0.1) is 0 Å². The van der Waals surface area contributed by atoms with Crippen LogP contribution in [-0.4, -0.2) is 0 Å². The molecule has 0 saturated carbocycles. The molecule has 0 unspecified atom stereocenters. The predicted octanol–water partition coefficient (Wildman–Crippen LogP) is 3.63. The number of hydrogen-bond acceptors (Lipinski definition) is 0. The smallest absolute Gasteiger partial charge is 0.0205 e. The minimum atomic E-state index is 0.865. The van der Waals surface area contributed by atoms with Gasteiger partial charge in [-0.3, -0.25) is 0 Å². The van der Waals surface area contributed by atoms with E-state index in [0.29, 0.717) is 0 Å². The second-order valence-electron chi connectivity index (χ2n) is 3.95. The monoisotopic (exact) mass is 152 g/mol. The lowest BCUT2D eigenvalue weighted by atomic mass is 9.76. The van der Waals surface area contributed by atoms with E-state index in [1.165, 1.54) is 19.3 Å². The Morgan fingerprint density at radius 1 is 1.36 bits per heavy atom. The van der Waals surface area contributed by atoms with Crippen LogP contribution >= 0.6 is 0 Å². The second-order valence-corrected chi connectivity index (χ2v) is 3.95. The summed E-state index contributed by atoms with van der Waals surface area (Å²) in [6, 6.07) is 0. The van der Waals surface area contributed by atoms with E-state index in [9.17, 15) is 0 Å². The Kier molecular flexibility index (Phi) is 3.16. The van der Waals surface area contributed by atoms with Gasteiger partial charge in [-0.05, 0) is 30.6 Å². The largest absolute Gasteiger partial charge is 0.0880 e. The topological polar surface area (TPSA) is 0 Å². The van der Waals surface area contributed by atoms with Crippen LogP contribution in [0.4, 0.5) is 0 Å². The first-order chi connectivity index (χ1) is 5.25. The summed E-state index contributed by atoms with van der Waals surface area (Å²) in [6.45, 7) is 7.05. The zero-order valence-electron chi connectivity index (χ0n) is 8.01. The van der Waals surface area contributed by atoms with E-state index in [4.69, 9.17) is 0 Å². The highest BCUT2D eigenvalue weighted by atomic mass is 14.3. The molecule has 0 aromatic rings. The molecule has 0 aromatic heterocycles. The summed E-state index contributed by atoms with van der Waals surface area (Å²) < 4.78 is 0. The standard InChI is InChI=1S/C11H20/c1-4-6-11-8-5-7-9(2)10(11)3/h5,8-11H,4,6-7H2,1-3H3/t9-,10+,11-/m0/s1. The van der Waals surface area contributed by atoms with Crippen molar-refractivity contribution in [2.75, 3.05) is 0 Å². The lowest BCUT2D eigenvalue weighted by molar-refractivity contribution is 0.276. The van der Waals surface area contributed by atoms with E-state index < -0.39 is 0 Å². The van der Waals surface area contributed by atoms with Gasteiger partial charge in [0, 0.05) is 0 Å². The third-order valence-electron chi connectivity index (χ3n) is 3.09. The fraction of sp³-hybridized carbons (Fsp3) is 0.818. The molecule has 0 amide bonds. The van der Waals surface area contributed by atoms with E-state index in [-0.39, 0.29) is 0 Å². The van der Waals surface area contributed by atoms with Gasteiger partial charge in [0.2, 0.25) is 0 Å². The van der Waals surface area contributed by atoms with Crippen LogP contribution in [0.5, 0.6) is 0 Å². The van der Waals surface area contributed by atoms with Crippen molar-refractivity contribution in [3.05, 3.63) is 12.2 Å². The fourth-order valence-electron chi connectivity index (χ4n) is 1.97. The van der Waals surface area contributed by atoms with Crippen LogP contribution in [-0.2, 0) is 0 Å². The van der Waals surface area contributed by atoms with Crippen LogP contribution in [0.2, 0.25) is 0 Å². The van der Waals surface area contributed by atoms with Crippen molar-refractivity contribution in [1.29, 1.82) is 0 Å². The zero-order chi connectivity index (χ0) is 8.27. The number of hydrogen-bond donors (Lipinski definition) is 0. The van der Waals surface area contributed by atoms with Gasteiger partial charge in [-0.2, -0.15) is 0 Å². The van der Waals surface area contributed by atoms with Gasteiger partial charge in [0.15, 0.2) is 0 Å². The quantitative estimate of drug-likeness (QED) is 0.530. The van der Waals surface area contributed by atoms with Gasteiger partial charge >= 0.3 is 0 Å². The molecule has 1 aliphatic rings. The van der Waals surface area contributed by atoms with E-state index in [1.54, 1.807) is 0 Å². The molecular weight excluding hydrogens is 132 g/mol. The molecule has 0 N–H and O–H groups in total. The fourth-order valence-corrected chi connectivity index (χ4v) is 1.97. The highest BCUT2D eigenvalue weighted by Gasteiger charge is 2.21. The van der Waals surface area contributed by atoms with E-state index in [2.05, 4.69) is 32.9 Å². The minimum Gasteiger partial charge on any atom is -0.0880 e. The molecule has 1 rings (SSSR count). The van der Waals surface area contributed by atoms with Crippen LogP contribution in [0.3, 0.4) is 0 Å². The lowest BCUT2D eigenvalue weighted by Crippen LogP contribution is -2.20. The maximum atomic E-state index is 2.42. The summed E-state index contributed by atoms with van der Waals surface area (Å²) in [5, 5.41) is 0. The van der Waals surface area contributed by atoms with Crippen LogP contribution in [0.25, 0.3) is 0 Å². The lowest BCUT2D eigenvalue weighted by Gasteiger charge is -2.29. The maximum Gasteiger partial charge on any atom is -0.0205 e. The summed E-state index contributed by atoms with van der Waals surface area (Å²) in [7, 11) is 0. The van der Waals surface area contributed by atoms with Crippen molar-refractivity contribution < 1.29 is 0 Å². The van der Waals surface area contributed by atoms with Gasteiger partial charge in [-0.15, -0.1) is 0 Å². The van der Waals surface area contributed by atoms with Crippen molar-refractivity contribution in [3.8, 4) is 0 Å². The Labute approximate surface area is 70.7 Å². The Morgan fingerprint density at radius 2 is 2.09 bits per heavy atom. The molecule has 0 heteroatoms. The second kappa shape index (κ2) is 3.94. The third kappa shape index (κ3) is 2.08. The van der Waals surface area contributed by atoms with Crippen molar-refractivity contribution in [2.45, 2.75) is 40.0 Å². The van der Waals surface area contributed by atoms with Gasteiger partial charge < -0.3 is 0 Å². The van der Waals surface area contributed by atoms with Gasteiger partial charge in [0.25, 0.3) is 0 Å². The van der Waals surface area contributed by atoms with Crippen molar-refractivity contribution in [2.24, 2.45) is 17.8 Å². The van der Waals surface area contributed by atoms with Gasteiger partial charge in [-0.25, -0.2) is 0 Å². The van der Waals surface area contributed by atoms with E-state index in [1.807, 2.05) is 0 Å². The molecule has 3 atom stereocenters. The first-order valence-electron chi connectivity index (χ1n) is 4.92. The molecule has 0 bridgehead atoms. The van der Waals surface area contributed by atoms with Crippen LogP contribution in [0.15, 0.2) is 12.2 Å². The van der Waals surface area contributed by atoms with Crippen molar-refractivity contribution >= 4 is 0 Å². The molecule has 1 aliphatic carbocycles. The minimum absolute atomic E-state index is 0.865. The number of allylic oxidation sites excluding steroid dienone is 2. The molecule has 0 saturated heterocycles. The summed E-state index contributed by atoms with van der Waals surface area (Å²) >= 11 is 0. The summed E-state index contributed by atoms with van der Waals surface area (Å²) in [6.07, 6.45) is 8.79. The Bertz CT molecular complexity index is 135. The first kappa shape index (κ1) is 8.83. The number of rotatable bonds is 2.